The third kappa shape index (κ3) is 2.44. The highest BCUT2D eigenvalue weighted by Crippen LogP contribution is 2.28. The van der Waals surface area contributed by atoms with Crippen LogP contribution in [0.3, 0.4) is 0 Å². The van der Waals surface area contributed by atoms with Gasteiger partial charge in [0.15, 0.2) is 0 Å². The highest BCUT2D eigenvalue weighted by molar-refractivity contribution is 6.30. The van der Waals surface area contributed by atoms with Crippen molar-refractivity contribution in [1.82, 2.24) is 10.3 Å². The van der Waals surface area contributed by atoms with Crippen molar-refractivity contribution in [3.05, 3.63) is 58.6 Å². The van der Waals surface area contributed by atoms with E-state index >= 15 is 0 Å². The smallest absolute Gasteiger partial charge is 0.141 e. The highest BCUT2D eigenvalue weighted by Gasteiger charge is 2.16. The fourth-order valence-electron chi connectivity index (χ4n) is 1.85. The summed E-state index contributed by atoms with van der Waals surface area (Å²) in [7, 11) is 1.80. The van der Waals surface area contributed by atoms with Crippen molar-refractivity contribution in [2.75, 3.05) is 12.8 Å². The van der Waals surface area contributed by atoms with Gasteiger partial charge in [0, 0.05) is 23.6 Å². The maximum Gasteiger partial charge on any atom is 0.141 e. The predicted octanol–water partition coefficient (Wildman–Crippen LogP) is 2.77. The molecule has 1 unspecified atom stereocenters. The maximum absolute atomic E-state index is 13.2. The molecule has 0 amide bonds. The molecule has 2 aromatic rings. The zero-order valence-electron chi connectivity index (χ0n) is 9.82. The Kier molecular flexibility index (Phi) is 3.79. The van der Waals surface area contributed by atoms with Crippen molar-refractivity contribution in [1.29, 1.82) is 0 Å². The molecule has 0 aliphatic carbocycles. The van der Waals surface area contributed by atoms with Gasteiger partial charge in [0.1, 0.15) is 5.82 Å². The van der Waals surface area contributed by atoms with Crippen molar-refractivity contribution < 1.29 is 4.39 Å². The average molecular weight is 266 g/mol. The molecular formula is C13H13ClFN3. The monoisotopic (exact) mass is 265 g/mol. The SMILES string of the molecule is CNC(c1ccc(F)c(Cl)c1)c1cnccc1N. The van der Waals surface area contributed by atoms with Gasteiger partial charge >= 0.3 is 0 Å². The van der Waals surface area contributed by atoms with E-state index < -0.39 is 5.82 Å². The normalized spacial score (nSPS) is 12.4. The van der Waals surface area contributed by atoms with E-state index in [-0.39, 0.29) is 11.1 Å². The second-order valence-corrected chi connectivity index (χ2v) is 4.31. The quantitative estimate of drug-likeness (QED) is 0.897. The number of nitrogen functional groups attached to an aromatic ring is 1. The number of rotatable bonds is 3. The number of anilines is 1. The van der Waals surface area contributed by atoms with Crippen LogP contribution in [-0.2, 0) is 0 Å². The number of benzene rings is 1. The maximum atomic E-state index is 13.2. The molecule has 0 radical (unpaired) electrons. The zero-order chi connectivity index (χ0) is 13.1. The lowest BCUT2D eigenvalue weighted by atomic mass is 9.99. The lowest BCUT2D eigenvalue weighted by Crippen LogP contribution is -2.19. The summed E-state index contributed by atoms with van der Waals surface area (Å²) in [5.74, 6) is -0.436. The van der Waals surface area contributed by atoms with Crippen molar-refractivity contribution >= 4 is 17.3 Å². The largest absolute Gasteiger partial charge is 0.398 e. The molecule has 0 saturated heterocycles. The molecule has 0 spiro atoms. The number of nitrogens with two attached hydrogens (primary N) is 1. The van der Waals surface area contributed by atoms with E-state index in [1.54, 1.807) is 37.6 Å². The first kappa shape index (κ1) is 12.8. The van der Waals surface area contributed by atoms with E-state index in [1.165, 1.54) is 6.07 Å². The van der Waals surface area contributed by atoms with Crippen LogP contribution in [0.2, 0.25) is 5.02 Å². The summed E-state index contributed by atoms with van der Waals surface area (Å²) in [5, 5.41) is 3.21. The molecule has 1 heterocycles. The van der Waals surface area contributed by atoms with E-state index in [1.807, 2.05) is 0 Å². The van der Waals surface area contributed by atoms with Crippen LogP contribution in [-0.4, -0.2) is 12.0 Å². The third-order valence-corrected chi connectivity index (χ3v) is 3.05. The van der Waals surface area contributed by atoms with E-state index in [4.69, 9.17) is 17.3 Å². The van der Waals surface area contributed by atoms with Gasteiger partial charge in [-0.05, 0) is 30.8 Å². The lowest BCUT2D eigenvalue weighted by molar-refractivity contribution is 0.624. The second kappa shape index (κ2) is 5.33. The molecule has 0 fully saturated rings. The van der Waals surface area contributed by atoms with Crippen molar-refractivity contribution in [3.8, 4) is 0 Å². The van der Waals surface area contributed by atoms with Crippen LogP contribution in [0.1, 0.15) is 17.2 Å². The van der Waals surface area contributed by atoms with Crippen LogP contribution in [0.5, 0.6) is 0 Å². The van der Waals surface area contributed by atoms with Gasteiger partial charge in [0.25, 0.3) is 0 Å². The van der Waals surface area contributed by atoms with Gasteiger partial charge in [-0.1, -0.05) is 17.7 Å². The fourth-order valence-corrected chi connectivity index (χ4v) is 2.04. The van der Waals surface area contributed by atoms with Gasteiger partial charge in [-0.2, -0.15) is 0 Å². The average Bonchev–Trinajstić information content (AvgIpc) is 2.37. The Morgan fingerprint density at radius 3 is 2.78 bits per heavy atom. The minimum Gasteiger partial charge on any atom is -0.398 e. The number of nitrogens with zero attached hydrogens (tertiary/aromatic N) is 1. The predicted molar refractivity (Wildman–Crippen MR) is 71.0 cm³/mol. The van der Waals surface area contributed by atoms with Crippen molar-refractivity contribution in [3.63, 3.8) is 0 Å². The number of aromatic nitrogens is 1. The summed E-state index contributed by atoms with van der Waals surface area (Å²) in [4.78, 5) is 4.05. The zero-order valence-corrected chi connectivity index (χ0v) is 10.6. The Morgan fingerprint density at radius 1 is 1.39 bits per heavy atom. The minimum absolute atomic E-state index is 0.0928. The van der Waals surface area contributed by atoms with E-state index in [9.17, 15) is 4.39 Å². The van der Waals surface area contributed by atoms with Crippen LogP contribution in [0.25, 0.3) is 0 Å². The third-order valence-electron chi connectivity index (χ3n) is 2.76. The number of nitrogens with one attached hydrogen (secondary N) is 1. The van der Waals surface area contributed by atoms with Gasteiger partial charge in [-0.15, -0.1) is 0 Å². The fraction of sp³-hybridized carbons (Fsp3) is 0.154. The molecule has 0 bridgehead atoms. The Balaban J connectivity index is 2.45. The van der Waals surface area contributed by atoms with Crippen LogP contribution < -0.4 is 11.1 Å². The molecule has 94 valence electrons. The number of pyridine rings is 1. The van der Waals surface area contributed by atoms with E-state index in [2.05, 4.69) is 10.3 Å². The van der Waals surface area contributed by atoms with Gasteiger partial charge in [0.05, 0.1) is 11.1 Å². The number of hydrogen-bond donors (Lipinski definition) is 2. The Hall–Kier alpha value is -1.65. The Labute approximate surface area is 110 Å². The molecule has 18 heavy (non-hydrogen) atoms. The topological polar surface area (TPSA) is 50.9 Å². The van der Waals surface area contributed by atoms with Crippen molar-refractivity contribution in [2.24, 2.45) is 0 Å². The molecule has 0 aliphatic rings. The molecule has 1 aromatic heterocycles. The van der Waals surface area contributed by atoms with Crippen molar-refractivity contribution in [2.45, 2.75) is 6.04 Å². The molecule has 2 rings (SSSR count). The Morgan fingerprint density at radius 2 is 2.17 bits per heavy atom. The first-order valence-electron chi connectivity index (χ1n) is 5.45. The first-order chi connectivity index (χ1) is 8.63. The highest BCUT2D eigenvalue weighted by atomic mass is 35.5. The summed E-state index contributed by atoms with van der Waals surface area (Å²) in [6, 6.07) is 6.16. The standard InChI is InChI=1S/C13H13ClFN3/c1-17-13(9-7-18-5-4-12(9)16)8-2-3-11(15)10(14)6-8/h2-7,13,17H,1H3,(H2,16,18). The van der Waals surface area contributed by atoms with Gasteiger partial charge < -0.3 is 11.1 Å². The van der Waals surface area contributed by atoms with E-state index in [0.29, 0.717) is 5.69 Å². The summed E-state index contributed by atoms with van der Waals surface area (Å²) >= 11 is 5.79. The molecule has 3 nitrogen and oxygen atoms in total. The molecular weight excluding hydrogens is 253 g/mol. The van der Waals surface area contributed by atoms with Gasteiger partial charge in [0.2, 0.25) is 0 Å². The Bertz CT molecular complexity index is 560. The minimum atomic E-state index is -0.436. The molecule has 3 N–H and O–H groups in total. The molecule has 1 atom stereocenters. The van der Waals surface area contributed by atoms with Crippen LogP contribution in [0.4, 0.5) is 10.1 Å². The van der Waals surface area contributed by atoms with Crippen LogP contribution in [0, 0.1) is 5.82 Å². The summed E-state index contributed by atoms with van der Waals surface area (Å²) in [6.45, 7) is 0. The molecule has 0 aliphatic heterocycles. The molecule has 0 saturated carbocycles. The van der Waals surface area contributed by atoms with Gasteiger partial charge in [-0.3, -0.25) is 4.98 Å². The number of halogens is 2. The molecule has 1 aromatic carbocycles. The summed E-state index contributed by atoms with van der Waals surface area (Å²) < 4.78 is 13.2. The second-order valence-electron chi connectivity index (χ2n) is 3.90. The first-order valence-corrected chi connectivity index (χ1v) is 5.83. The molecule has 5 heteroatoms. The van der Waals surface area contributed by atoms with E-state index in [0.717, 1.165) is 11.1 Å². The van der Waals surface area contributed by atoms with Crippen LogP contribution in [0.15, 0.2) is 36.7 Å². The summed E-state index contributed by atoms with van der Waals surface area (Å²) in [5.41, 5.74) is 8.22. The number of hydrogen-bond acceptors (Lipinski definition) is 3. The van der Waals surface area contributed by atoms with Crippen LogP contribution >= 0.6 is 11.6 Å². The lowest BCUT2D eigenvalue weighted by Gasteiger charge is -2.18. The van der Waals surface area contributed by atoms with Gasteiger partial charge in [-0.25, -0.2) is 4.39 Å². The summed E-state index contributed by atoms with van der Waals surface area (Å²) in [6.07, 6.45) is 3.32.